The monoisotopic (exact) mass is 221 g/mol. The number of aromatic nitrogens is 3. The van der Waals surface area contributed by atoms with Gasteiger partial charge >= 0.3 is 5.56 Å². The van der Waals surface area contributed by atoms with Crippen molar-refractivity contribution in [2.24, 2.45) is 0 Å². The van der Waals surface area contributed by atoms with Crippen LogP contribution in [0.1, 0.15) is 20.3 Å². The summed E-state index contributed by atoms with van der Waals surface area (Å²) in [5.41, 5.74) is 0.272. The fraction of sp³-hybridized carbons (Fsp3) is 0.364. The lowest BCUT2D eigenvalue weighted by molar-refractivity contribution is 0.115. The first-order chi connectivity index (χ1) is 7.74. The largest absolute Gasteiger partial charge is 0.396 e. The van der Waals surface area contributed by atoms with Crippen molar-refractivity contribution < 1.29 is 4.84 Å². The molecule has 0 aliphatic rings. The second-order valence-electron chi connectivity index (χ2n) is 3.17. The van der Waals surface area contributed by atoms with E-state index in [1.165, 1.54) is 13.5 Å². The molecule has 0 saturated carbocycles. The van der Waals surface area contributed by atoms with Crippen molar-refractivity contribution in [3.63, 3.8) is 0 Å². The molecule has 2 aromatic rings. The summed E-state index contributed by atoms with van der Waals surface area (Å²) in [4.78, 5) is 17.0. The highest BCUT2D eigenvalue weighted by molar-refractivity contribution is 5.76. The molecule has 0 radical (unpaired) electrons. The molecular formula is C11H15N3O2. The van der Waals surface area contributed by atoms with Crippen LogP contribution in [0.3, 0.4) is 0 Å². The molecule has 0 amide bonds. The Balaban J connectivity index is 0.000000386. The maximum Gasteiger partial charge on any atom is 0.314 e. The SMILES string of the molecule is CCC.COn1nnc2ccccc2c1=O. The first kappa shape index (κ1) is 12.2. The number of rotatable bonds is 1. The summed E-state index contributed by atoms with van der Waals surface area (Å²) in [7, 11) is 1.37. The number of hydrogen-bond donors (Lipinski definition) is 0. The van der Waals surface area contributed by atoms with Crippen molar-refractivity contribution in [3.8, 4) is 0 Å². The molecule has 0 bridgehead atoms. The second-order valence-corrected chi connectivity index (χ2v) is 3.17. The van der Waals surface area contributed by atoms with E-state index in [2.05, 4.69) is 29.0 Å². The smallest absolute Gasteiger partial charge is 0.314 e. The quantitative estimate of drug-likeness (QED) is 0.727. The van der Waals surface area contributed by atoms with E-state index in [0.29, 0.717) is 10.9 Å². The third-order valence-electron chi connectivity index (χ3n) is 1.71. The summed E-state index contributed by atoms with van der Waals surface area (Å²) >= 11 is 0. The van der Waals surface area contributed by atoms with Crippen molar-refractivity contribution in [2.45, 2.75) is 20.3 Å². The molecule has 0 unspecified atom stereocenters. The zero-order valence-corrected chi connectivity index (χ0v) is 9.67. The van der Waals surface area contributed by atoms with Crippen molar-refractivity contribution in [2.75, 3.05) is 7.11 Å². The normalized spacial score (nSPS) is 9.44. The van der Waals surface area contributed by atoms with Gasteiger partial charge in [0.25, 0.3) is 0 Å². The Kier molecular flexibility index (Phi) is 4.44. The molecule has 1 aromatic heterocycles. The predicted molar refractivity (Wildman–Crippen MR) is 62.3 cm³/mol. The maximum absolute atomic E-state index is 11.5. The minimum Gasteiger partial charge on any atom is -0.396 e. The van der Waals surface area contributed by atoms with E-state index >= 15 is 0 Å². The summed E-state index contributed by atoms with van der Waals surface area (Å²) < 4.78 is 0. The van der Waals surface area contributed by atoms with E-state index in [1.807, 2.05) is 0 Å². The molecule has 0 atom stereocenters. The number of hydrogen-bond acceptors (Lipinski definition) is 4. The third kappa shape index (κ3) is 2.56. The van der Waals surface area contributed by atoms with Crippen LogP contribution in [0.4, 0.5) is 0 Å². The molecule has 0 aliphatic carbocycles. The first-order valence-electron chi connectivity index (χ1n) is 5.13. The first-order valence-corrected chi connectivity index (χ1v) is 5.13. The Bertz CT molecular complexity index is 508. The van der Waals surface area contributed by atoms with E-state index in [9.17, 15) is 4.79 Å². The van der Waals surface area contributed by atoms with Crippen LogP contribution in [0.25, 0.3) is 10.9 Å². The van der Waals surface area contributed by atoms with E-state index in [-0.39, 0.29) is 5.56 Å². The Morgan fingerprint density at radius 1 is 1.31 bits per heavy atom. The van der Waals surface area contributed by atoms with E-state index in [0.717, 1.165) is 4.85 Å². The molecular weight excluding hydrogens is 206 g/mol. The zero-order valence-electron chi connectivity index (χ0n) is 9.67. The molecule has 0 fully saturated rings. The van der Waals surface area contributed by atoms with Crippen molar-refractivity contribution >= 4 is 10.9 Å². The molecule has 2 rings (SSSR count). The van der Waals surface area contributed by atoms with Crippen molar-refractivity contribution in [1.29, 1.82) is 0 Å². The molecule has 5 heteroatoms. The third-order valence-corrected chi connectivity index (χ3v) is 1.71. The van der Waals surface area contributed by atoms with Crippen LogP contribution < -0.4 is 10.4 Å². The summed E-state index contributed by atoms with van der Waals surface area (Å²) in [6.07, 6.45) is 1.25. The van der Waals surface area contributed by atoms with Crippen LogP contribution in [-0.4, -0.2) is 22.3 Å². The summed E-state index contributed by atoms with van der Waals surface area (Å²) in [5.74, 6) is 0. The topological polar surface area (TPSA) is 57.0 Å². The molecule has 16 heavy (non-hydrogen) atoms. The zero-order chi connectivity index (χ0) is 12.0. The Morgan fingerprint density at radius 3 is 2.56 bits per heavy atom. The highest BCUT2D eigenvalue weighted by Gasteiger charge is 2.02. The lowest BCUT2D eigenvalue weighted by atomic mass is 10.2. The van der Waals surface area contributed by atoms with Gasteiger partial charge in [0, 0.05) is 0 Å². The van der Waals surface area contributed by atoms with Gasteiger partial charge in [0.15, 0.2) is 0 Å². The van der Waals surface area contributed by atoms with E-state index in [4.69, 9.17) is 0 Å². The molecule has 0 N–H and O–H groups in total. The van der Waals surface area contributed by atoms with Crippen LogP contribution in [0.5, 0.6) is 0 Å². The second kappa shape index (κ2) is 5.85. The van der Waals surface area contributed by atoms with Crippen LogP contribution in [0.15, 0.2) is 29.1 Å². The van der Waals surface area contributed by atoms with E-state index < -0.39 is 0 Å². The minimum atomic E-state index is -0.298. The van der Waals surface area contributed by atoms with Gasteiger partial charge in [0.1, 0.15) is 12.6 Å². The molecule has 0 aliphatic heterocycles. The van der Waals surface area contributed by atoms with Gasteiger partial charge in [-0.15, -0.1) is 5.10 Å². The standard InChI is InChI=1S/C8H7N3O2.C3H8/c1-13-11-8(12)6-4-2-3-5-7(6)9-10-11;1-3-2/h2-5H,1H3;3H2,1-2H3. The van der Waals surface area contributed by atoms with Crippen molar-refractivity contribution in [1.82, 2.24) is 15.2 Å². The van der Waals surface area contributed by atoms with Gasteiger partial charge in [-0.05, 0) is 22.2 Å². The van der Waals surface area contributed by atoms with Gasteiger partial charge in [0.05, 0.1) is 5.39 Å². The summed E-state index contributed by atoms with van der Waals surface area (Å²) in [6, 6.07) is 6.98. The average molecular weight is 221 g/mol. The molecule has 86 valence electrons. The number of nitrogens with zero attached hydrogens (tertiary/aromatic N) is 3. The van der Waals surface area contributed by atoms with Gasteiger partial charge < -0.3 is 4.84 Å². The van der Waals surface area contributed by atoms with Crippen LogP contribution in [0, 0.1) is 0 Å². The highest BCUT2D eigenvalue weighted by atomic mass is 16.7. The number of benzene rings is 1. The lowest BCUT2D eigenvalue weighted by Crippen LogP contribution is -2.28. The van der Waals surface area contributed by atoms with Gasteiger partial charge in [0.2, 0.25) is 0 Å². The minimum absolute atomic E-state index is 0.298. The summed E-state index contributed by atoms with van der Waals surface area (Å²) in [6.45, 7) is 4.25. The van der Waals surface area contributed by atoms with Gasteiger partial charge in [-0.3, -0.25) is 4.79 Å². The Morgan fingerprint density at radius 2 is 1.94 bits per heavy atom. The molecule has 1 heterocycles. The van der Waals surface area contributed by atoms with Crippen LogP contribution in [-0.2, 0) is 0 Å². The van der Waals surface area contributed by atoms with Crippen molar-refractivity contribution in [3.05, 3.63) is 34.6 Å². The van der Waals surface area contributed by atoms with Gasteiger partial charge in [-0.2, -0.15) is 0 Å². The van der Waals surface area contributed by atoms with Gasteiger partial charge in [-0.1, -0.05) is 32.4 Å². The predicted octanol–water partition coefficient (Wildman–Crippen LogP) is 1.27. The Labute approximate surface area is 93.6 Å². The molecule has 1 aromatic carbocycles. The van der Waals surface area contributed by atoms with Crippen LogP contribution in [0.2, 0.25) is 0 Å². The fourth-order valence-corrected chi connectivity index (χ4v) is 1.09. The maximum atomic E-state index is 11.5. The van der Waals surface area contributed by atoms with Gasteiger partial charge in [-0.25, -0.2) is 0 Å². The molecule has 5 nitrogen and oxygen atoms in total. The Hall–Kier alpha value is -1.91. The fourth-order valence-electron chi connectivity index (χ4n) is 1.09. The highest BCUT2D eigenvalue weighted by Crippen LogP contribution is 2.02. The molecule has 0 spiro atoms. The van der Waals surface area contributed by atoms with Crippen LogP contribution >= 0.6 is 0 Å². The summed E-state index contributed by atoms with van der Waals surface area (Å²) in [5, 5.41) is 7.86. The molecule has 0 saturated heterocycles. The van der Waals surface area contributed by atoms with E-state index in [1.54, 1.807) is 24.3 Å². The average Bonchev–Trinajstić information content (AvgIpc) is 2.31. The lowest BCUT2D eigenvalue weighted by Gasteiger charge is -2.00. The number of fused-ring (bicyclic) bond motifs is 1.